The third-order valence-electron chi connectivity index (χ3n) is 6.77. The smallest absolute Gasteiger partial charge is 0.248 e. The molecule has 41 heavy (non-hydrogen) atoms. The van der Waals surface area contributed by atoms with Crippen molar-refractivity contribution in [3.8, 4) is 11.8 Å². The van der Waals surface area contributed by atoms with Crippen molar-refractivity contribution < 1.29 is 9.53 Å². The summed E-state index contributed by atoms with van der Waals surface area (Å²) in [7, 11) is 0. The lowest BCUT2D eigenvalue weighted by Gasteiger charge is -2.21. The van der Waals surface area contributed by atoms with E-state index in [1.807, 2.05) is 38.1 Å². The zero-order valence-electron chi connectivity index (χ0n) is 22.7. The van der Waals surface area contributed by atoms with E-state index in [-0.39, 0.29) is 11.8 Å². The number of nitrogens with zero attached hydrogens (tertiary/aromatic N) is 4. The molecule has 4 aromatic rings. The highest BCUT2D eigenvalue weighted by atomic mass is 35.5. The van der Waals surface area contributed by atoms with Crippen LogP contribution in [-0.2, 0) is 24.3 Å². The number of carbonyl (C=O) groups excluding carboxylic acids is 1. The molecule has 1 aliphatic rings. The molecule has 5 rings (SSSR count). The highest BCUT2D eigenvalue weighted by molar-refractivity contribution is 6.33. The van der Waals surface area contributed by atoms with Crippen LogP contribution in [0.2, 0.25) is 5.02 Å². The number of halogens is 2. The van der Waals surface area contributed by atoms with Crippen LogP contribution in [0.1, 0.15) is 36.4 Å². The topological polar surface area (TPSA) is 103 Å². The van der Waals surface area contributed by atoms with Crippen LogP contribution in [0.15, 0.2) is 60.8 Å². The first-order chi connectivity index (χ1) is 19.9. The van der Waals surface area contributed by atoms with Crippen molar-refractivity contribution in [2.24, 2.45) is 0 Å². The molecule has 2 aromatic heterocycles. The molecule has 0 atom stereocenters. The zero-order chi connectivity index (χ0) is 28.9. The molecule has 0 saturated carbocycles. The molecule has 8 nitrogen and oxygen atoms in total. The Bertz CT molecular complexity index is 1670. The van der Waals surface area contributed by atoms with Gasteiger partial charge in [-0.25, -0.2) is 0 Å². The number of benzene rings is 2. The number of alkyl halides is 1. The second-order valence-corrected chi connectivity index (χ2v) is 10.1. The number of amides is 1. The van der Waals surface area contributed by atoms with Crippen LogP contribution in [0, 0.1) is 11.3 Å². The van der Waals surface area contributed by atoms with E-state index in [0.717, 1.165) is 17.9 Å². The van der Waals surface area contributed by atoms with Gasteiger partial charge in [-0.1, -0.05) is 30.7 Å². The lowest BCUT2D eigenvalue weighted by Crippen LogP contribution is -2.15. The number of fused-ring (bicyclic) bond motifs is 2. The second kappa shape index (κ2) is 12.5. The van der Waals surface area contributed by atoms with Crippen LogP contribution >= 0.6 is 23.2 Å². The van der Waals surface area contributed by atoms with Crippen LogP contribution in [0.3, 0.4) is 0 Å². The number of ether oxygens (including phenoxy) is 1. The SMILES string of the molecule is CCOc1cc2nc(CC)c(C#N)c(Nc3ccc(N4Cc5cccnc5C4)c(Cl)c3)c2cc1NC(=O)/C=C/CCl. The van der Waals surface area contributed by atoms with Crippen molar-refractivity contribution in [2.75, 3.05) is 28.0 Å². The third kappa shape index (κ3) is 5.92. The summed E-state index contributed by atoms with van der Waals surface area (Å²) in [6, 6.07) is 15.6. The number of aryl methyl sites for hydroxylation is 1. The van der Waals surface area contributed by atoms with E-state index in [0.29, 0.717) is 69.6 Å². The molecule has 0 unspecified atom stereocenters. The molecule has 0 radical (unpaired) electrons. The number of allylic oxidation sites excluding steroid dienone is 1. The molecular formula is C31H28Cl2N6O2. The summed E-state index contributed by atoms with van der Waals surface area (Å²) in [6.45, 7) is 5.64. The van der Waals surface area contributed by atoms with Crippen molar-refractivity contribution >= 4 is 62.8 Å². The predicted octanol–water partition coefficient (Wildman–Crippen LogP) is 7.11. The molecule has 0 saturated heterocycles. The molecule has 10 heteroatoms. The standard InChI is InChI=1S/C31H28Cl2N6O2/c1-3-24-22(16-34)31(21-14-26(38-30(40)8-5-11-32)29(41-4-2)15-25(21)37-24)36-20-9-10-28(23(33)13-20)39-17-19-7-6-12-35-27(19)18-39/h5-10,12-15H,3-4,11,17-18H2,1-2H3,(H,36,37)(H,38,40)/b8-5+. The summed E-state index contributed by atoms with van der Waals surface area (Å²) in [5.41, 5.74) is 6.58. The molecule has 0 bridgehead atoms. The number of hydrogen-bond donors (Lipinski definition) is 2. The predicted molar refractivity (Wildman–Crippen MR) is 164 cm³/mol. The van der Waals surface area contributed by atoms with Gasteiger partial charge in [0.1, 0.15) is 11.8 Å². The minimum atomic E-state index is -0.347. The van der Waals surface area contributed by atoms with E-state index < -0.39 is 0 Å². The lowest BCUT2D eigenvalue weighted by molar-refractivity contribution is -0.111. The summed E-state index contributed by atoms with van der Waals surface area (Å²) in [5.74, 6) is 0.350. The normalized spacial score (nSPS) is 12.4. The van der Waals surface area contributed by atoms with Crippen molar-refractivity contribution in [1.82, 2.24) is 9.97 Å². The third-order valence-corrected chi connectivity index (χ3v) is 7.25. The molecule has 2 N–H and O–H groups in total. The van der Waals surface area contributed by atoms with Gasteiger partial charge in [0.25, 0.3) is 0 Å². The maximum Gasteiger partial charge on any atom is 0.248 e. The van der Waals surface area contributed by atoms with Gasteiger partial charge in [0.15, 0.2) is 0 Å². The number of anilines is 4. The molecule has 208 valence electrons. The number of hydrogen-bond acceptors (Lipinski definition) is 7. The highest BCUT2D eigenvalue weighted by Gasteiger charge is 2.23. The fraction of sp³-hybridized carbons (Fsp3) is 0.226. The Hall–Kier alpha value is -4.32. The van der Waals surface area contributed by atoms with Crippen molar-refractivity contribution in [2.45, 2.75) is 33.4 Å². The van der Waals surface area contributed by atoms with Crippen molar-refractivity contribution in [3.05, 3.63) is 88.4 Å². The van der Waals surface area contributed by atoms with Crippen LogP contribution in [0.25, 0.3) is 10.9 Å². The molecule has 1 aliphatic heterocycles. The monoisotopic (exact) mass is 586 g/mol. The number of aromatic nitrogens is 2. The Morgan fingerprint density at radius 3 is 2.78 bits per heavy atom. The van der Waals surface area contributed by atoms with Crippen LogP contribution < -0.4 is 20.3 Å². The molecule has 0 spiro atoms. The Labute approximate surface area is 248 Å². The fourth-order valence-corrected chi connectivity index (χ4v) is 5.29. The largest absolute Gasteiger partial charge is 0.492 e. The quantitative estimate of drug-likeness (QED) is 0.159. The van der Waals surface area contributed by atoms with Crippen molar-refractivity contribution in [1.29, 1.82) is 5.26 Å². The van der Waals surface area contributed by atoms with Crippen molar-refractivity contribution in [3.63, 3.8) is 0 Å². The maximum atomic E-state index is 12.5. The zero-order valence-corrected chi connectivity index (χ0v) is 24.2. The average molecular weight is 588 g/mol. The summed E-state index contributed by atoms with van der Waals surface area (Å²) in [6.07, 6.45) is 5.28. The van der Waals surface area contributed by atoms with E-state index >= 15 is 0 Å². The Kier molecular flexibility index (Phi) is 8.58. The Morgan fingerprint density at radius 1 is 1.22 bits per heavy atom. The van der Waals surface area contributed by atoms with Gasteiger partial charge in [0.2, 0.25) is 5.91 Å². The molecule has 1 amide bonds. The van der Waals surface area contributed by atoms with E-state index in [2.05, 4.69) is 32.7 Å². The van der Waals surface area contributed by atoms with Gasteiger partial charge < -0.3 is 20.3 Å². The van der Waals surface area contributed by atoms with E-state index in [1.165, 1.54) is 11.6 Å². The molecular weight excluding hydrogens is 559 g/mol. The minimum Gasteiger partial charge on any atom is -0.492 e. The highest BCUT2D eigenvalue weighted by Crippen LogP contribution is 2.39. The molecule has 3 heterocycles. The van der Waals surface area contributed by atoms with Gasteiger partial charge in [0, 0.05) is 41.8 Å². The van der Waals surface area contributed by atoms with Gasteiger partial charge in [-0.3, -0.25) is 14.8 Å². The molecule has 0 fully saturated rings. The van der Waals surface area contributed by atoms with E-state index in [9.17, 15) is 10.1 Å². The number of rotatable bonds is 9. The number of pyridine rings is 2. The first-order valence-corrected chi connectivity index (χ1v) is 14.2. The lowest BCUT2D eigenvalue weighted by atomic mass is 10.0. The Morgan fingerprint density at radius 2 is 2.07 bits per heavy atom. The first-order valence-electron chi connectivity index (χ1n) is 13.3. The molecule has 0 aliphatic carbocycles. The summed E-state index contributed by atoms with van der Waals surface area (Å²) >= 11 is 12.5. The minimum absolute atomic E-state index is 0.218. The van der Waals surface area contributed by atoms with E-state index in [4.69, 9.17) is 32.9 Å². The van der Waals surface area contributed by atoms with Gasteiger partial charge >= 0.3 is 0 Å². The Balaban J connectivity index is 1.55. The summed E-state index contributed by atoms with van der Waals surface area (Å²) in [4.78, 5) is 23.9. The number of carbonyl (C=O) groups is 1. The summed E-state index contributed by atoms with van der Waals surface area (Å²) in [5, 5.41) is 17.7. The van der Waals surface area contributed by atoms with Crippen LogP contribution in [-0.4, -0.2) is 28.4 Å². The van der Waals surface area contributed by atoms with Gasteiger partial charge in [0.05, 0.1) is 57.7 Å². The van der Waals surface area contributed by atoms with Crippen LogP contribution in [0.4, 0.5) is 22.7 Å². The van der Waals surface area contributed by atoms with Crippen LogP contribution in [0.5, 0.6) is 5.75 Å². The van der Waals surface area contributed by atoms with Gasteiger partial charge in [-0.05, 0) is 49.2 Å². The van der Waals surface area contributed by atoms with Gasteiger partial charge in [-0.15, -0.1) is 11.6 Å². The fourth-order valence-electron chi connectivity index (χ4n) is 4.90. The van der Waals surface area contributed by atoms with E-state index in [1.54, 1.807) is 24.4 Å². The second-order valence-electron chi connectivity index (χ2n) is 9.37. The molecule has 2 aromatic carbocycles. The van der Waals surface area contributed by atoms with Gasteiger partial charge in [-0.2, -0.15) is 5.26 Å². The maximum absolute atomic E-state index is 12.5. The summed E-state index contributed by atoms with van der Waals surface area (Å²) < 4.78 is 5.82. The number of nitrogens with one attached hydrogen (secondary N) is 2. The average Bonchev–Trinajstić information content (AvgIpc) is 3.40. The first kappa shape index (κ1) is 28.2. The number of nitriles is 1.